The third kappa shape index (κ3) is 10.4. The van der Waals surface area contributed by atoms with Crippen LogP contribution in [-0.2, 0) is 25.7 Å². The maximum atomic E-state index is 14.0. The largest absolute Gasteiger partial charge is 0.494 e. The molecule has 6 rings (SSSR count). The normalized spacial score (nSPS) is 17.5. The molecule has 310 valence electrons. The number of β-amino-alcohol motifs (C(OH)–C–C–N with tert-alkyl or cyclic N) is 1. The van der Waals surface area contributed by atoms with Crippen LogP contribution in [0.5, 0.6) is 5.75 Å². The van der Waals surface area contributed by atoms with Crippen LogP contribution in [-0.4, -0.2) is 106 Å². The summed E-state index contributed by atoms with van der Waals surface area (Å²) in [4.78, 5) is 61.8. The van der Waals surface area contributed by atoms with Crippen molar-refractivity contribution in [2.75, 3.05) is 43.6 Å². The Labute approximate surface area is 344 Å². The predicted molar refractivity (Wildman–Crippen MR) is 222 cm³/mol. The van der Waals surface area contributed by atoms with Crippen molar-refractivity contribution in [1.82, 2.24) is 30.7 Å². The number of rotatable bonds is 13. The molecule has 3 atom stereocenters. The molecule has 2 fully saturated rings. The molecule has 0 radical (unpaired) electrons. The van der Waals surface area contributed by atoms with Crippen LogP contribution in [0.25, 0.3) is 11.4 Å². The number of methoxy groups -OCH3 is 1. The molecule has 0 aliphatic carbocycles. The highest BCUT2D eigenvalue weighted by Crippen LogP contribution is 2.32. The van der Waals surface area contributed by atoms with Crippen LogP contribution >= 0.6 is 0 Å². The first-order chi connectivity index (χ1) is 28.2. The van der Waals surface area contributed by atoms with Gasteiger partial charge in [-0.1, -0.05) is 38.8 Å². The molecule has 0 saturated carbocycles. The number of anilines is 2. The van der Waals surface area contributed by atoms with Gasteiger partial charge >= 0.3 is 0 Å². The van der Waals surface area contributed by atoms with E-state index in [0.717, 1.165) is 22.4 Å². The van der Waals surface area contributed by atoms with Crippen molar-refractivity contribution in [2.45, 2.75) is 77.8 Å². The molecule has 0 bridgehead atoms. The molecule has 2 aromatic heterocycles. The summed E-state index contributed by atoms with van der Waals surface area (Å²) in [6.07, 6.45) is 7.47. The van der Waals surface area contributed by atoms with Gasteiger partial charge < -0.3 is 40.3 Å². The minimum Gasteiger partial charge on any atom is -0.494 e. The van der Waals surface area contributed by atoms with Crippen molar-refractivity contribution in [3.63, 3.8) is 0 Å². The third-order valence-electron chi connectivity index (χ3n) is 10.7. The van der Waals surface area contributed by atoms with E-state index in [1.54, 1.807) is 49.7 Å². The second-order valence-corrected chi connectivity index (χ2v) is 16.0. The number of carbonyl (C=O) groups is 4. The molecule has 15 nitrogen and oxygen atoms in total. The van der Waals surface area contributed by atoms with Crippen LogP contribution in [0.1, 0.15) is 67.2 Å². The molecule has 4 aromatic rings. The van der Waals surface area contributed by atoms with Crippen LogP contribution in [0.4, 0.5) is 11.4 Å². The van der Waals surface area contributed by atoms with E-state index >= 15 is 0 Å². The monoisotopic (exact) mass is 804 g/mol. The Balaban J connectivity index is 0.994. The standard InChI is InChI=1S/C44H52N8O7/c1-7-28-11-12-29(27(2)21-28)24-45-42(56)37-23-31(53)25-52(37)43(57)40(44(3,4)5)49-39(54)26-59-32-16-19-51(20-17-32)30-13-14-35(38(22-30)58-6)48-41(55)36-10-8-9-33(47-36)34-15-18-46-50-34/h1,8-15,18,21-22,31-32,37,40,53H,16-17,19-20,23-26H2,2-6H3,(H,45,56)(H,46,50)(H,48,55)(H,49,54)/t31-,37+,40-/m1/s1. The summed E-state index contributed by atoms with van der Waals surface area (Å²) < 4.78 is 11.7. The zero-order valence-corrected chi connectivity index (χ0v) is 34.1. The van der Waals surface area contributed by atoms with E-state index in [9.17, 15) is 24.3 Å². The number of nitrogens with zero attached hydrogens (tertiary/aromatic N) is 4. The van der Waals surface area contributed by atoms with Crippen LogP contribution < -0.4 is 25.6 Å². The Morgan fingerprint density at radius 2 is 1.85 bits per heavy atom. The lowest BCUT2D eigenvalue weighted by atomic mass is 9.85. The third-order valence-corrected chi connectivity index (χ3v) is 10.7. The molecule has 2 aliphatic rings. The number of terminal acetylenes is 1. The average Bonchev–Trinajstić information content (AvgIpc) is 3.92. The van der Waals surface area contributed by atoms with Gasteiger partial charge in [-0.05, 0) is 78.8 Å². The van der Waals surface area contributed by atoms with Gasteiger partial charge in [0.05, 0.1) is 36.4 Å². The molecule has 4 heterocycles. The summed E-state index contributed by atoms with van der Waals surface area (Å²) in [5.74, 6) is 1.44. The smallest absolute Gasteiger partial charge is 0.274 e. The van der Waals surface area contributed by atoms with E-state index in [-0.39, 0.29) is 49.7 Å². The van der Waals surface area contributed by atoms with Gasteiger partial charge in [0.2, 0.25) is 17.7 Å². The molecule has 5 N–H and O–H groups in total. The highest BCUT2D eigenvalue weighted by atomic mass is 16.5. The molecule has 2 aliphatic heterocycles. The number of aryl methyl sites for hydroxylation is 1. The van der Waals surface area contributed by atoms with Crippen LogP contribution in [0.3, 0.4) is 0 Å². The van der Waals surface area contributed by atoms with Crippen molar-refractivity contribution in [1.29, 1.82) is 0 Å². The number of hydrogen-bond acceptors (Lipinski definition) is 10. The van der Waals surface area contributed by atoms with Crippen molar-refractivity contribution in [3.8, 4) is 29.5 Å². The molecule has 4 amide bonds. The number of aromatic amines is 1. The molecular formula is C44H52N8O7. The van der Waals surface area contributed by atoms with E-state index in [1.807, 2.05) is 52.0 Å². The zero-order valence-electron chi connectivity index (χ0n) is 34.1. The number of carbonyl (C=O) groups excluding carboxylic acids is 4. The Bertz CT molecular complexity index is 2190. The molecule has 2 saturated heterocycles. The topological polar surface area (TPSA) is 191 Å². The van der Waals surface area contributed by atoms with Gasteiger partial charge in [-0.2, -0.15) is 5.10 Å². The first-order valence-electron chi connectivity index (χ1n) is 19.7. The fraction of sp³-hybridized carbons (Fsp3) is 0.409. The summed E-state index contributed by atoms with van der Waals surface area (Å²) in [5.41, 5.74) is 4.82. The molecule has 2 aromatic carbocycles. The highest BCUT2D eigenvalue weighted by Gasteiger charge is 2.44. The lowest BCUT2D eigenvalue weighted by Crippen LogP contribution is -2.58. The lowest BCUT2D eigenvalue weighted by Gasteiger charge is -2.36. The van der Waals surface area contributed by atoms with Crippen LogP contribution in [0, 0.1) is 24.7 Å². The summed E-state index contributed by atoms with van der Waals surface area (Å²) in [6.45, 7) is 8.72. The van der Waals surface area contributed by atoms with Gasteiger partial charge in [0.1, 0.15) is 30.1 Å². The number of aliphatic hydroxyl groups is 1. The number of aliphatic hydroxyl groups excluding tert-OH is 1. The summed E-state index contributed by atoms with van der Waals surface area (Å²) in [7, 11) is 1.54. The number of aromatic nitrogens is 3. The minimum absolute atomic E-state index is 0.0210. The summed E-state index contributed by atoms with van der Waals surface area (Å²) in [5, 5.41) is 26.0. The molecule has 0 spiro atoms. The summed E-state index contributed by atoms with van der Waals surface area (Å²) in [6, 6.07) is 16.2. The fourth-order valence-electron chi connectivity index (χ4n) is 7.36. The summed E-state index contributed by atoms with van der Waals surface area (Å²) >= 11 is 0. The number of ether oxygens (including phenoxy) is 2. The number of nitrogens with one attached hydrogen (secondary N) is 4. The van der Waals surface area contributed by atoms with Crippen LogP contribution in [0.15, 0.2) is 66.9 Å². The van der Waals surface area contributed by atoms with Crippen molar-refractivity contribution in [3.05, 3.63) is 89.2 Å². The first kappa shape index (κ1) is 42.4. The Morgan fingerprint density at radius 1 is 1.07 bits per heavy atom. The molecule has 59 heavy (non-hydrogen) atoms. The van der Waals surface area contributed by atoms with Crippen LogP contribution in [0.2, 0.25) is 0 Å². The Kier molecular flexibility index (Phi) is 13.3. The van der Waals surface area contributed by atoms with E-state index in [1.165, 1.54) is 4.90 Å². The van der Waals surface area contributed by atoms with Crippen molar-refractivity contribution < 1.29 is 33.8 Å². The van der Waals surface area contributed by atoms with Gasteiger partial charge in [0, 0.05) is 56.1 Å². The van der Waals surface area contributed by atoms with Gasteiger partial charge in [-0.25, -0.2) is 4.98 Å². The molecule has 0 unspecified atom stereocenters. The lowest BCUT2D eigenvalue weighted by molar-refractivity contribution is -0.145. The Hall–Kier alpha value is -6.24. The number of benzene rings is 2. The zero-order chi connectivity index (χ0) is 42.3. The van der Waals surface area contributed by atoms with E-state index < -0.39 is 35.4 Å². The van der Waals surface area contributed by atoms with E-state index in [2.05, 4.69) is 42.0 Å². The number of piperidine rings is 1. The second-order valence-electron chi connectivity index (χ2n) is 16.0. The van der Waals surface area contributed by atoms with E-state index in [4.69, 9.17) is 15.9 Å². The minimum atomic E-state index is -0.967. The average molecular weight is 805 g/mol. The second kappa shape index (κ2) is 18.6. The van der Waals surface area contributed by atoms with Gasteiger partial charge in [0.15, 0.2) is 0 Å². The predicted octanol–water partition coefficient (Wildman–Crippen LogP) is 3.82. The first-order valence-corrected chi connectivity index (χ1v) is 19.7. The Morgan fingerprint density at radius 3 is 2.53 bits per heavy atom. The SMILES string of the molecule is C#Cc1ccc(CNC(=O)[C@@H]2C[C@@H](O)CN2C(=O)[C@@H](NC(=O)COC2CCN(c3ccc(NC(=O)c4cccc(-c5ccn[nH]5)n4)c(OC)c3)CC2)C(C)(C)C)c(C)c1. The van der Waals surface area contributed by atoms with Gasteiger partial charge in [-0.3, -0.25) is 24.3 Å². The van der Waals surface area contributed by atoms with Crippen molar-refractivity contribution >= 4 is 35.0 Å². The highest BCUT2D eigenvalue weighted by molar-refractivity contribution is 6.04. The quantitative estimate of drug-likeness (QED) is 0.124. The van der Waals surface area contributed by atoms with Crippen molar-refractivity contribution in [2.24, 2.45) is 5.41 Å². The number of pyridine rings is 1. The van der Waals surface area contributed by atoms with Gasteiger partial charge in [0.25, 0.3) is 5.91 Å². The number of likely N-dealkylation sites (tertiary alicyclic amines) is 1. The number of H-pyrrole nitrogens is 1. The number of amides is 4. The molecule has 15 heteroatoms. The maximum Gasteiger partial charge on any atom is 0.274 e. The van der Waals surface area contributed by atoms with E-state index in [0.29, 0.717) is 48.8 Å². The molecular weight excluding hydrogens is 753 g/mol. The van der Waals surface area contributed by atoms with Gasteiger partial charge in [-0.15, -0.1) is 6.42 Å². The fourth-order valence-corrected chi connectivity index (χ4v) is 7.36. The maximum absolute atomic E-state index is 14.0. The number of hydrogen-bond donors (Lipinski definition) is 5.